The fraction of sp³-hybridized carbons (Fsp3) is 0.700. The first kappa shape index (κ1) is 11.2. The maximum Gasteiger partial charge on any atom is 0.109 e. The number of nitrogens with one attached hydrogen (secondary N) is 2. The molecule has 0 saturated carbocycles. The van der Waals surface area contributed by atoms with Gasteiger partial charge in [-0.25, -0.2) is 0 Å². The number of hydrogen-bond acceptors (Lipinski definition) is 3. The van der Waals surface area contributed by atoms with Gasteiger partial charge in [-0.2, -0.15) is 0 Å². The van der Waals surface area contributed by atoms with Crippen molar-refractivity contribution in [1.82, 2.24) is 15.5 Å². The molecule has 4 nitrogen and oxygen atoms in total. The average molecular weight is 320 g/mol. The molecular formula is C10H17IN4. The molecule has 0 amide bonds. The van der Waals surface area contributed by atoms with Crippen LogP contribution in [0.25, 0.3) is 0 Å². The summed E-state index contributed by atoms with van der Waals surface area (Å²) in [5.74, 6) is 1.48. The summed E-state index contributed by atoms with van der Waals surface area (Å²) in [5, 5.41) is 6.78. The summed E-state index contributed by atoms with van der Waals surface area (Å²) in [6, 6.07) is 0.522. The molecule has 15 heavy (non-hydrogen) atoms. The first-order valence-corrected chi connectivity index (χ1v) is 6.31. The zero-order valence-electron chi connectivity index (χ0n) is 9.29. The van der Waals surface area contributed by atoms with E-state index in [0.717, 1.165) is 12.5 Å². The predicted octanol–water partition coefficient (Wildman–Crippen LogP) is 1.11. The van der Waals surface area contributed by atoms with Crippen LogP contribution in [0.3, 0.4) is 0 Å². The molecule has 0 aromatic carbocycles. The van der Waals surface area contributed by atoms with Crippen LogP contribution < -0.4 is 10.6 Å². The van der Waals surface area contributed by atoms with Crippen molar-refractivity contribution in [3.8, 4) is 0 Å². The van der Waals surface area contributed by atoms with Crippen molar-refractivity contribution in [1.29, 1.82) is 0 Å². The van der Waals surface area contributed by atoms with E-state index in [-0.39, 0.29) is 0 Å². The Morgan fingerprint density at radius 3 is 2.93 bits per heavy atom. The van der Waals surface area contributed by atoms with Gasteiger partial charge in [0.25, 0.3) is 0 Å². The van der Waals surface area contributed by atoms with Crippen molar-refractivity contribution in [2.45, 2.75) is 26.1 Å². The molecule has 0 aromatic heterocycles. The Bertz CT molecular complexity index is 311. The molecule has 5 heteroatoms. The second-order valence-electron chi connectivity index (χ2n) is 4.14. The largest absolute Gasteiger partial charge is 0.361 e. The van der Waals surface area contributed by atoms with Gasteiger partial charge in [0.15, 0.2) is 0 Å². The second kappa shape index (κ2) is 4.29. The van der Waals surface area contributed by atoms with Crippen LogP contribution in [0.4, 0.5) is 0 Å². The van der Waals surface area contributed by atoms with Crippen LogP contribution >= 0.6 is 22.6 Å². The van der Waals surface area contributed by atoms with Gasteiger partial charge in [-0.3, -0.25) is 10.3 Å². The SMILES string of the molecule is CN=C1NCNC2C1C(I)=CN2C(C)C. The van der Waals surface area contributed by atoms with Gasteiger partial charge in [0.05, 0.1) is 18.8 Å². The van der Waals surface area contributed by atoms with E-state index in [1.807, 2.05) is 7.05 Å². The van der Waals surface area contributed by atoms with Gasteiger partial charge in [0, 0.05) is 22.9 Å². The molecule has 0 aromatic rings. The Balaban J connectivity index is 2.27. The van der Waals surface area contributed by atoms with Crippen molar-refractivity contribution in [2.75, 3.05) is 13.7 Å². The van der Waals surface area contributed by atoms with Gasteiger partial charge in [0.1, 0.15) is 5.84 Å². The van der Waals surface area contributed by atoms with E-state index in [1.54, 1.807) is 0 Å². The molecule has 0 bridgehead atoms. The van der Waals surface area contributed by atoms with Crippen molar-refractivity contribution in [3.05, 3.63) is 9.78 Å². The molecular weight excluding hydrogens is 303 g/mol. The highest BCUT2D eigenvalue weighted by atomic mass is 127. The summed E-state index contributed by atoms with van der Waals surface area (Å²) < 4.78 is 1.35. The lowest BCUT2D eigenvalue weighted by atomic mass is 10.0. The van der Waals surface area contributed by atoms with E-state index in [1.165, 1.54) is 3.58 Å². The Morgan fingerprint density at radius 1 is 1.60 bits per heavy atom. The molecule has 2 N–H and O–H groups in total. The zero-order valence-corrected chi connectivity index (χ0v) is 11.4. The Kier molecular flexibility index (Phi) is 3.20. The molecule has 2 unspecified atom stereocenters. The lowest BCUT2D eigenvalue weighted by molar-refractivity contribution is 0.184. The third-order valence-electron chi connectivity index (χ3n) is 2.92. The Labute approximate surface area is 104 Å². The topological polar surface area (TPSA) is 39.7 Å². The van der Waals surface area contributed by atoms with E-state index in [9.17, 15) is 0 Å². The van der Waals surface area contributed by atoms with Crippen LogP contribution in [0, 0.1) is 5.92 Å². The average Bonchev–Trinajstić information content (AvgIpc) is 2.56. The van der Waals surface area contributed by atoms with E-state index in [4.69, 9.17) is 0 Å². The van der Waals surface area contributed by atoms with Gasteiger partial charge in [-0.15, -0.1) is 0 Å². The fourth-order valence-electron chi connectivity index (χ4n) is 2.17. The molecule has 0 spiro atoms. The number of rotatable bonds is 1. The van der Waals surface area contributed by atoms with Crippen LogP contribution in [0.15, 0.2) is 14.8 Å². The molecule has 2 aliphatic heterocycles. The first-order valence-electron chi connectivity index (χ1n) is 5.23. The third-order valence-corrected chi connectivity index (χ3v) is 3.87. The Hall–Kier alpha value is -0.300. The number of hydrogen-bond donors (Lipinski definition) is 2. The van der Waals surface area contributed by atoms with Gasteiger partial charge in [-0.05, 0) is 36.4 Å². The number of aliphatic imine (C=N–C) groups is 1. The highest BCUT2D eigenvalue weighted by Crippen LogP contribution is 2.34. The highest BCUT2D eigenvalue weighted by Gasteiger charge is 2.40. The van der Waals surface area contributed by atoms with Crippen molar-refractivity contribution in [3.63, 3.8) is 0 Å². The fourth-order valence-corrected chi connectivity index (χ4v) is 3.13. The number of amidine groups is 1. The predicted molar refractivity (Wildman–Crippen MR) is 70.9 cm³/mol. The number of fused-ring (bicyclic) bond motifs is 1. The Morgan fingerprint density at radius 2 is 2.33 bits per heavy atom. The lowest BCUT2D eigenvalue weighted by Gasteiger charge is -2.37. The molecule has 0 aliphatic carbocycles. The summed E-state index contributed by atoms with van der Waals surface area (Å²) in [6.45, 7) is 5.24. The molecule has 2 atom stereocenters. The second-order valence-corrected chi connectivity index (χ2v) is 5.39. The van der Waals surface area contributed by atoms with Gasteiger partial charge in [0.2, 0.25) is 0 Å². The summed E-state index contributed by atoms with van der Waals surface area (Å²) in [6.07, 6.45) is 2.61. The van der Waals surface area contributed by atoms with Crippen LogP contribution in [-0.4, -0.2) is 36.7 Å². The van der Waals surface area contributed by atoms with E-state index < -0.39 is 0 Å². The normalized spacial score (nSPS) is 33.0. The van der Waals surface area contributed by atoms with Crippen LogP contribution in [-0.2, 0) is 0 Å². The highest BCUT2D eigenvalue weighted by molar-refractivity contribution is 14.1. The van der Waals surface area contributed by atoms with Crippen LogP contribution in [0.1, 0.15) is 13.8 Å². The van der Waals surface area contributed by atoms with E-state index in [2.05, 4.69) is 63.2 Å². The molecule has 1 saturated heterocycles. The third kappa shape index (κ3) is 1.87. The summed E-state index contributed by atoms with van der Waals surface area (Å²) in [5.41, 5.74) is 0. The van der Waals surface area contributed by atoms with Crippen molar-refractivity contribution >= 4 is 28.4 Å². The van der Waals surface area contributed by atoms with Crippen LogP contribution in [0.5, 0.6) is 0 Å². The quantitative estimate of drug-likeness (QED) is 0.711. The lowest BCUT2D eigenvalue weighted by Crippen LogP contribution is -2.59. The standard InChI is InChI=1S/C10H17IN4/c1-6(2)15-4-7(11)8-9(12-3)13-5-14-10(8)15/h4,6,8,10,14H,5H2,1-3H3,(H,12,13). The molecule has 0 radical (unpaired) electrons. The summed E-state index contributed by atoms with van der Waals surface area (Å²) in [4.78, 5) is 6.70. The van der Waals surface area contributed by atoms with E-state index in [0.29, 0.717) is 18.1 Å². The number of halogens is 1. The zero-order chi connectivity index (χ0) is 11.0. The molecule has 84 valence electrons. The smallest absolute Gasteiger partial charge is 0.109 e. The van der Waals surface area contributed by atoms with Crippen molar-refractivity contribution < 1.29 is 0 Å². The van der Waals surface area contributed by atoms with Crippen molar-refractivity contribution in [2.24, 2.45) is 10.9 Å². The monoisotopic (exact) mass is 320 g/mol. The minimum Gasteiger partial charge on any atom is -0.361 e. The van der Waals surface area contributed by atoms with Crippen LogP contribution in [0.2, 0.25) is 0 Å². The first-order chi connectivity index (χ1) is 7.15. The minimum atomic E-state index is 0.372. The minimum absolute atomic E-state index is 0.372. The maximum absolute atomic E-state index is 4.33. The molecule has 1 fully saturated rings. The molecule has 2 heterocycles. The van der Waals surface area contributed by atoms with Gasteiger partial charge >= 0.3 is 0 Å². The molecule has 2 aliphatic rings. The van der Waals surface area contributed by atoms with Gasteiger partial charge < -0.3 is 10.2 Å². The summed E-state index contributed by atoms with van der Waals surface area (Å²) >= 11 is 2.41. The molecule has 2 rings (SSSR count). The maximum atomic E-state index is 4.33. The van der Waals surface area contributed by atoms with Gasteiger partial charge in [-0.1, -0.05) is 0 Å². The van der Waals surface area contributed by atoms with E-state index >= 15 is 0 Å². The number of nitrogens with zero attached hydrogens (tertiary/aromatic N) is 2. The summed E-state index contributed by atoms with van der Waals surface area (Å²) in [7, 11) is 1.85.